The Morgan fingerprint density at radius 2 is 1.88 bits per heavy atom. The number of phenolic OH excluding ortho intramolecular Hbond substituents is 1. The highest BCUT2D eigenvalue weighted by atomic mass is 16.3. The minimum absolute atomic E-state index is 0.331. The van der Waals surface area contributed by atoms with E-state index >= 15 is 0 Å². The number of rotatable bonds is 6. The Kier molecular flexibility index (Phi) is 5.29. The Morgan fingerprint density at radius 1 is 1.25 bits per heavy atom. The van der Waals surface area contributed by atoms with Crippen LogP contribution >= 0.6 is 0 Å². The van der Waals surface area contributed by atoms with Gasteiger partial charge in [0.25, 0.3) is 0 Å². The van der Waals surface area contributed by atoms with Gasteiger partial charge in [-0.3, -0.25) is 0 Å². The summed E-state index contributed by atoms with van der Waals surface area (Å²) in [7, 11) is 4.15. The van der Waals surface area contributed by atoms with Crippen LogP contribution in [-0.4, -0.2) is 43.2 Å². The highest BCUT2D eigenvalue weighted by Crippen LogP contribution is 2.10. The molecular formula is C13H22N2O. The number of likely N-dealkylation sites (N-methyl/N-ethyl adjacent to an activating group) is 1. The predicted molar refractivity (Wildman–Crippen MR) is 67.8 cm³/mol. The van der Waals surface area contributed by atoms with E-state index in [4.69, 9.17) is 0 Å². The molecule has 0 saturated carbocycles. The SMILES string of the molecule is CC(Cc1ccc(O)cc1)NCCN(C)C. The van der Waals surface area contributed by atoms with Gasteiger partial charge in [0.05, 0.1) is 0 Å². The molecule has 1 rings (SSSR count). The second kappa shape index (κ2) is 6.51. The monoisotopic (exact) mass is 222 g/mol. The van der Waals surface area contributed by atoms with Crippen molar-refractivity contribution < 1.29 is 5.11 Å². The van der Waals surface area contributed by atoms with Crippen molar-refractivity contribution in [2.24, 2.45) is 0 Å². The summed E-state index contributed by atoms with van der Waals surface area (Å²) in [6, 6.07) is 7.88. The third-order valence-electron chi connectivity index (χ3n) is 2.53. The molecule has 0 amide bonds. The summed E-state index contributed by atoms with van der Waals surface area (Å²) in [5.41, 5.74) is 1.25. The minimum Gasteiger partial charge on any atom is -0.508 e. The van der Waals surface area contributed by atoms with Gasteiger partial charge in [0, 0.05) is 19.1 Å². The molecule has 1 unspecified atom stereocenters. The molecule has 1 aromatic rings. The molecule has 1 atom stereocenters. The summed E-state index contributed by atoms with van der Waals surface area (Å²) in [5.74, 6) is 0.331. The summed E-state index contributed by atoms with van der Waals surface area (Å²) < 4.78 is 0. The normalized spacial score (nSPS) is 13.0. The summed E-state index contributed by atoms with van der Waals surface area (Å²) in [6.45, 7) is 4.24. The van der Waals surface area contributed by atoms with E-state index in [2.05, 4.69) is 31.2 Å². The lowest BCUT2D eigenvalue weighted by molar-refractivity contribution is 0.387. The lowest BCUT2D eigenvalue weighted by Gasteiger charge is -2.16. The van der Waals surface area contributed by atoms with Crippen LogP contribution in [0.1, 0.15) is 12.5 Å². The van der Waals surface area contributed by atoms with E-state index in [1.54, 1.807) is 12.1 Å². The maximum absolute atomic E-state index is 9.17. The third kappa shape index (κ3) is 5.14. The fraction of sp³-hybridized carbons (Fsp3) is 0.538. The van der Waals surface area contributed by atoms with Gasteiger partial charge in [-0.2, -0.15) is 0 Å². The van der Waals surface area contributed by atoms with E-state index in [9.17, 15) is 5.11 Å². The van der Waals surface area contributed by atoms with Crippen LogP contribution in [0.15, 0.2) is 24.3 Å². The first-order valence-electron chi connectivity index (χ1n) is 5.74. The highest BCUT2D eigenvalue weighted by Gasteiger charge is 2.02. The number of phenols is 1. The van der Waals surface area contributed by atoms with Gasteiger partial charge in [0.2, 0.25) is 0 Å². The second-order valence-electron chi connectivity index (χ2n) is 4.53. The average Bonchev–Trinajstić information content (AvgIpc) is 2.21. The van der Waals surface area contributed by atoms with Gasteiger partial charge >= 0.3 is 0 Å². The molecule has 90 valence electrons. The maximum atomic E-state index is 9.17. The highest BCUT2D eigenvalue weighted by molar-refractivity contribution is 5.26. The standard InChI is InChI=1S/C13H22N2O/c1-11(14-8-9-15(2)3)10-12-4-6-13(16)7-5-12/h4-7,11,14,16H,8-10H2,1-3H3. The Morgan fingerprint density at radius 3 is 2.44 bits per heavy atom. The Bertz CT molecular complexity index is 295. The van der Waals surface area contributed by atoms with Gasteiger partial charge in [-0.1, -0.05) is 12.1 Å². The number of hydrogen-bond donors (Lipinski definition) is 2. The molecule has 3 heteroatoms. The molecule has 0 radical (unpaired) electrons. The van der Waals surface area contributed by atoms with Gasteiger partial charge in [0.15, 0.2) is 0 Å². The first-order chi connectivity index (χ1) is 7.58. The van der Waals surface area contributed by atoms with Gasteiger partial charge in [-0.15, -0.1) is 0 Å². The van der Waals surface area contributed by atoms with Crippen molar-refractivity contribution in [1.82, 2.24) is 10.2 Å². The smallest absolute Gasteiger partial charge is 0.115 e. The first-order valence-corrected chi connectivity index (χ1v) is 5.74. The number of hydrogen-bond acceptors (Lipinski definition) is 3. The quantitative estimate of drug-likeness (QED) is 0.765. The number of nitrogens with one attached hydrogen (secondary N) is 1. The molecule has 0 aliphatic carbocycles. The van der Waals surface area contributed by atoms with Crippen LogP contribution in [0.2, 0.25) is 0 Å². The molecule has 0 fully saturated rings. The lowest BCUT2D eigenvalue weighted by atomic mass is 10.1. The molecule has 2 N–H and O–H groups in total. The van der Waals surface area contributed by atoms with E-state index in [0.717, 1.165) is 19.5 Å². The van der Waals surface area contributed by atoms with E-state index in [0.29, 0.717) is 11.8 Å². The molecule has 0 aliphatic rings. The molecule has 3 nitrogen and oxygen atoms in total. The van der Waals surface area contributed by atoms with Crippen LogP contribution < -0.4 is 5.32 Å². The van der Waals surface area contributed by atoms with E-state index < -0.39 is 0 Å². The van der Waals surface area contributed by atoms with Crippen molar-refractivity contribution in [2.45, 2.75) is 19.4 Å². The molecule has 0 spiro atoms. The molecular weight excluding hydrogens is 200 g/mol. The molecule has 1 aromatic carbocycles. The summed E-state index contributed by atoms with van der Waals surface area (Å²) in [5, 5.41) is 12.6. The maximum Gasteiger partial charge on any atom is 0.115 e. The molecule has 0 aromatic heterocycles. The molecule has 16 heavy (non-hydrogen) atoms. The largest absolute Gasteiger partial charge is 0.508 e. The van der Waals surface area contributed by atoms with Crippen LogP contribution in [0.3, 0.4) is 0 Å². The molecule has 0 bridgehead atoms. The lowest BCUT2D eigenvalue weighted by Crippen LogP contribution is -2.34. The van der Waals surface area contributed by atoms with Crippen molar-refractivity contribution in [3.05, 3.63) is 29.8 Å². The Balaban J connectivity index is 2.28. The van der Waals surface area contributed by atoms with Crippen LogP contribution in [0.4, 0.5) is 0 Å². The zero-order valence-corrected chi connectivity index (χ0v) is 10.4. The fourth-order valence-electron chi connectivity index (χ4n) is 1.59. The van der Waals surface area contributed by atoms with E-state index in [1.807, 2.05) is 12.1 Å². The molecule has 0 aliphatic heterocycles. The minimum atomic E-state index is 0.331. The zero-order valence-electron chi connectivity index (χ0n) is 10.4. The van der Waals surface area contributed by atoms with Crippen molar-refractivity contribution in [3.8, 4) is 5.75 Å². The fourth-order valence-corrected chi connectivity index (χ4v) is 1.59. The van der Waals surface area contributed by atoms with Crippen LogP contribution in [0.5, 0.6) is 5.75 Å². The van der Waals surface area contributed by atoms with Gasteiger partial charge in [-0.05, 0) is 45.1 Å². The van der Waals surface area contributed by atoms with Crippen molar-refractivity contribution in [1.29, 1.82) is 0 Å². The van der Waals surface area contributed by atoms with Crippen LogP contribution in [0.25, 0.3) is 0 Å². The van der Waals surface area contributed by atoms with E-state index in [1.165, 1.54) is 5.56 Å². The molecule has 0 saturated heterocycles. The Labute approximate surface area is 98.1 Å². The summed E-state index contributed by atoms with van der Waals surface area (Å²) in [4.78, 5) is 2.17. The second-order valence-corrected chi connectivity index (χ2v) is 4.53. The summed E-state index contributed by atoms with van der Waals surface area (Å²) in [6.07, 6.45) is 0.994. The van der Waals surface area contributed by atoms with Crippen molar-refractivity contribution in [2.75, 3.05) is 27.2 Å². The first kappa shape index (κ1) is 13.0. The number of benzene rings is 1. The predicted octanol–water partition coefficient (Wildman–Crippen LogP) is 1.47. The number of nitrogens with zero attached hydrogens (tertiary/aromatic N) is 1. The van der Waals surface area contributed by atoms with Gasteiger partial charge in [0.1, 0.15) is 5.75 Å². The van der Waals surface area contributed by atoms with Crippen LogP contribution in [0, 0.1) is 0 Å². The number of aromatic hydroxyl groups is 1. The zero-order chi connectivity index (χ0) is 12.0. The average molecular weight is 222 g/mol. The van der Waals surface area contributed by atoms with E-state index in [-0.39, 0.29) is 0 Å². The topological polar surface area (TPSA) is 35.5 Å². The third-order valence-corrected chi connectivity index (χ3v) is 2.53. The van der Waals surface area contributed by atoms with Gasteiger partial charge < -0.3 is 15.3 Å². The Hall–Kier alpha value is -1.06. The van der Waals surface area contributed by atoms with Crippen molar-refractivity contribution >= 4 is 0 Å². The van der Waals surface area contributed by atoms with Crippen molar-refractivity contribution in [3.63, 3.8) is 0 Å². The summed E-state index contributed by atoms with van der Waals surface area (Å²) >= 11 is 0. The van der Waals surface area contributed by atoms with Crippen LogP contribution in [-0.2, 0) is 6.42 Å². The molecule has 0 heterocycles. The van der Waals surface area contributed by atoms with Gasteiger partial charge in [-0.25, -0.2) is 0 Å².